The number of anilines is 1. The summed E-state index contributed by atoms with van der Waals surface area (Å²) in [6.07, 6.45) is 0. The number of primary sulfonamides is 1. The highest BCUT2D eigenvalue weighted by atomic mass is 32.2. The van der Waals surface area contributed by atoms with E-state index in [0.29, 0.717) is 17.9 Å². The molecule has 1 aromatic carbocycles. The summed E-state index contributed by atoms with van der Waals surface area (Å²) in [4.78, 5) is 4.35. The lowest BCUT2D eigenvalue weighted by Crippen LogP contribution is -2.12. The largest absolute Gasteiger partial charge is 0.366 e. The average molecular weight is 302 g/mol. The van der Waals surface area contributed by atoms with Crippen molar-refractivity contribution in [2.24, 2.45) is 5.14 Å². The number of sulfonamides is 1. The third-order valence-corrected chi connectivity index (χ3v) is 3.74. The lowest BCUT2D eigenvalue weighted by molar-refractivity contribution is 0.598. The summed E-state index contributed by atoms with van der Waals surface area (Å²) in [5, 5.41) is 17.0. The van der Waals surface area contributed by atoms with Gasteiger partial charge in [-0.25, -0.2) is 18.5 Å². The van der Waals surface area contributed by atoms with E-state index in [2.05, 4.69) is 16.4 Å². The molecule has 1 aromatic heterocycles. The normalized spacial score (nSPS) is 10.9. The predicted octanol–water partition coefficient (Wildman–Crippen LogP) is 1.52. The molecule has 0 unspecified atom stereocenters. The first-order valence-corrected chi connectivity index (χ1v) is 7.67. The van der Waals surface area contributed by atoms with E-state index >= 15 is 0 Å². The quantitative estimate of drug-likeness (QED) is 0.890. The van der Waals surface area contributed by atoms with Gasteiger partial charge >= 0.3 is 0 Å². The van der Waals surface area contributed by atoms with Crippen LogP contribution >= 0.6 is 0 Å². The third-order valence-electron chi connectivity index (χ3n) is 2.81. The molecule has 0 aliphatic carbocycles. The maximum Gasteiger partial charge on any atom is 0.238 e. The molecule has 0 bridgehead atoms. The second-order valence-electron chi connectivity index (χ2n) is 4.54. The Balaban J connectivity index is 2.10. The van der Waals surface area contributed by atoms with Gasteiger partial charge in [-0.1, -0.05) is 12.1 Å². The predicted molar refractivity (Wildman–Crippen MR) is 78.8 cm³/mol. The van der Waals surface area contributed by atoms with E-state index in [1.165, 1.54) is 12.1 Å². The molecule has 0 saturated carbocycles. The Morgan fingerprint density at radius 2 is 1.95 bits per heavy atom. The molecule has 0 aliphatic rings. The first-order valence-electron chi connectivity index (χ1n) is 6.13. The van der Waals surface area contributed by atoms with Crippen LogP contribution in [0.3, 0.4) is 0 Å². The van der Waals surface area contributed by atoms with Crippen LogP contribution in [0.4, 0.5) is 5.82 Å². The van der Waals surface area contributed by atoms with Crippen molar-refractivity contribution < 1.29 is 8.42 Å². The molecule has 1 heterocycles. The van der Waals surface area contributed by atoms with Crippen LogP contribution in [0.15, 0.2) is 41.3 Å². The molecule has 6 nitrogen and oxygen atoms in total. The van der Waals surface area contributed by atoms with Gasteiger partial charge < -0.3 is 5.32 Å². The first-order chi connectivity index (χ1) is 9.88. The summed E-state index contributed by atoms with van der Waals surface area (Å²) in [5.74, 6) is 0.599. The zero-order chi connectivity index (χ0) is 15.5. The highest BCUT2D eigenvalue weighted by Gasteiger charge is 2.06. The van der Waals surface area contributed by atoms with Gasteiger partial charge in [0.1, 0.15) is 5.82 Å². The standard InChI is InChI=1S/C14H14N4O2S/c1-10-6-12(8-15)7-14(18-10)17-9-11-2-4-13(5-3-11)21(16,19)20/h2-7H,9H2,1H3,(H,17,18)(H2,16,19,20). The second kappa shape index (κ2) is 5.91. The van der Waals surface area contributed by atoms with Gasteiger partial charge in [0.2, 0.25) is 10.0 Å². The fourth-order valence-electron chi connectivity index (χ4n) is 1.81. The summed E-state index contributed by atoms with van der Waals surface area (Å²) in [7, 11) is -3.67. The van der Waals surface area contributed by atoms with Gasteiger partial charge in [-0.15, -0.1) is 0 Å². The Labute approximate surface area is 123 Å². The Hall–Kier alpha value is -2.43. The molecular weight excluding hydrogens is 288 g/mol. The van der Waals surface area contributed by atoms with Gasteiger partial charge in [-0.05, 0) is 36.8 Å². The van der Waals surface area contributed by atoms with Crippen LogP contribution in [0.25, 0.3) is 0 Å². The lowest BCUT2D eigenvalue weighted by atomic mass is 10.2. The maximum atomic E-state index is 11.2. The smallest absolute Gasteiger partial charge is 0.238 e. The van der Waals surface area contributed by atoms with Crippen molar-refractivity contribution in [2.75, 3.05) is 5.32 Å². The fourth-order valence-corrected chi connectivity index (χ4v) is 2.33. The van der Waals surface area contributed by atoms with Crippen molar-refractivity contribution in [2.45, 2.75) is 18.4 Å². The molecule has 0 fully saturated rings. The Bertz CT molecular complexity index is 793. The van der Waals surface area contributed by atoms with Crippen LogP contribution in [-0.4, -0.2) is 13.4 Å². The number of aryl methyl sites for hydroxylation is 1. The SMILES string of the molecule is Cc1cc(C#N)cc(NCc2ccc(S(N)(=O)=O)cc2)n1. The Kier molecular flexibility index (Phi) is 4.21. The van der Waals surface area contributed by atoms with E-state index in [1.807, 2.05) is 6.92 Å². The zero-order valence-corrected chi connectivity index (χ0v) is 12.2. The fraction of sp³-hybridized carbons (Fsp3) is 0.143. The number of nitrogens with one attached hydrogen (secondary N) is 1. The topological polar surface area (TPSA) is 109 Å². The van der Waals surface area contributed by atoms with Crippen LogP contribution in [0.5, 0.6) is 0 Å². The van der Waals surface area contributed by atoms with Crippen molar-refractivity contribution in [1.29, 1.82) is 5.26 Å². The van der Waals surface area contributed by atoms with Gasteiger partial charge in [-0.3, -0.25) is 0 Å². The van der Waals surface area contributed by atoms with Crippen molar-refractivity contribution >= 4 is 15.8 Å². The number of benzene rings is 1. The van der Waals surface area contributed by atoms with Crippen LogP contribution in [0, 0.1) is 18.3 Å². The third kappa shape index (κ3) is 4.02. The Morgan fingerprint density at radius 3 is 2.52 bits per heavy atom. The molecule has 0 spiro atoms. The lowest BCUT2D eigenvalue weighted by Gasteiger charge is -2.07. The van der Waals surface area contributed by atoms with Crippen LogP contribution in [0.1, 0.15) is 16.8 Å². The summed E-state index contributed by atoms with van der Waals surface area (Å²) in [6, 6.07) is 11.7. The average Bonchev–Trinajstić information content (AvgIpc) is 2.44. The monoisotopic (exact) mass is 302 g/mol. The van der Waals surface area contributed by atoms with E-state index < -0.39 is 10.0 Å². The molecule has 0 aliphatic heterocycles. The van der Waals surface area contributed by atoms with E-state index in [1.54, 1.807) is 24.3 Å². The van der Waals surface area contributed by atoms with Gasteiger partial charge in [0.05, 0.1) is 16.5 Å². The van der Waals surface area contributed by atoms with E-state index in [-0.39, 0.29) is 4.90 Å². The molecular formula is C14H14N4O2S. The number of hydrogen-bond donors (Lipinski definition) is 2. The second-order valence-corrected chi connectivity index (χ2v) is 6.10. The maximum absolute atomic E-state index is 11.2. The minimum Gasteiger partial charge on any atom is -0.366 e. The molecule has 108 valence electrons. The van der Waals surface area contributed by atoms with Crippen molar-refractivity contribution in [3.05, 3.63) is 53.2 Å². The number of pyridine rings is 1. The van der Waals surface area contributed by atoms with Crippen molar-refractivity contribution in [1.82, 2.24) is 4.98 Å². The number of rotatable bonds is 4. The van der Waals surface area contributed by atoms with Crippen LogP contribution in [-0.2, 0) is 16.6 Å². The van der Waals surface area contributed by atoms with Gasteiger partial charge in [0, 0.05) is 12.2 Å². The molecule has 0 radical (unpaired) electrons. The van der Waals surface area contributed by atoms with E-state index in [9.17, 15) is 8.42 Å². The van der Waals surface area contributed by atoms with E-state index in [0.717, 1.165) is 11.3 Å². The van der Waals surface area contributed by atoms with Crippen LogP contribution < -0.4 is 10.5 Å². The molecule has 3 N–H and O–H groups in total. The number of hydrogen-bond acceptors (Lipinski definition) is 5. The molecule has 2 aromatic rings. The molecule has 21 heavy (non-hydrogen) atoms. The Morgan fingerprint density at radius 1 is 1.29 bits per heavy atom. The number of nitrogens with two attached hydrogens (primary N) is 1. The summed E-state index contributed by atoms with van der Waals surface area (Å²) >= 11 is 0. The van der Waals surface area contributed by atoms with Gasteiger partial charge in [0.25, 0.3) is 0 Å². The molecule has 2 rings (SSSR count). The van der Waals surface area contributed by atoms with Crippen LogP contribution in [0.2, 0.25) is 0 Å². The number of aromatic nitrogens is 1. The summed E-state index contributed by atoms with van der Waals surface area (Å²) in [5.41, 5.74) is 2.17. The molecule has 0 saturated heterocycles. The first kappa shape index (κ1) is 15.0. The number of nitriles is 1. The minimum absolute atomic E-state index is 0.0756. The van der Waals surface area contributed by atoms with Crippen molar-refractivity contribution in [3.63, 3.8) is 0 Å². The van der Waals surface area contributed by atoms with Gasteiger partial charge in [0.15, 0.2) is 0 Å². The summed E-state index contributed by atoms with van der Waals surface area (Å²) in [6.45, 7) is 2.28. The molecule has 7 heteroatoms. The highest BCUT2D eigenvalue weighted by molar-refractivity contribution is 7.89. The van der Waals surface area contributed by atoms with Gasteiger partial charge in [-0.2, -0.15) is 5.26 Å². The number of nitrogens with zero attached hydrogens (tertiary/aromatic N) is 2. The highest BCUT2D eigenvalue weighted by Crippen LogP contribution is 2.13. The molecule has 0 atom stereocenters. The van der Waals surface area contributed by atoms with Crippen molar-refractivity contribution in [3.8, 4) is 6.07 Å². The van der Waals surface area contributed by atoms with E-state index in [4.69, 9.17) is 10.4 Å². The molecule has 0 amide bonds. The minimum atomic E-state index is -3.67. The zero-order valence-electron chi connectivity index (χ0n) is 11.4. The summed E-state index contributed by atoms with van der Waals surface area (Å²) < 4.78 is 22.3.